The maximum atomic E-state index is 11.7. The minimum absolute atomic E-state index is 0.00385. The largest absolute Gasteiger partial charge is 0.383 e. The van der Waals surface area contributed by atoms with Gasteiger partial charge in [0.25, 0.3) is 0 Å². The highest BCUT2D eigenvalue weighted by Gasteiger charge is 2.19. The van der Waals surface area contributed by atoms with Crippen molar-refractivity contribution in [2.24, 2.45) is 11.8 Å². The molecule has 1 saturated carbocycles. The average Bonchev–Trinajstić information content (AvgIpc) is 2.34. The maximum Gasteiger partial charge on any atom is 0.226 e. The number of carbonyl (C=O) groups is 1. The Bertz CT molecular complexity index is 452. The highest BCUT2D eigenvalue weighted by molar-refractivity contribution is 5.92. The summed E-state index contributed by atoms with van der Waals surface area (Å²) in [5.41, 5.74) is 1.95. The third kappa shape index (κ3) is 4.26. The maximum absolute atomic E-state index is 11.7. The van der Waals surface area contributed by atoms with E-state index in [0.717, 1.165) is 17.3 Å². The molecule has 0 bridgehead atoms. The number of hydrogen-bond donors (Lipinski definition) is 2. The summed E-state index contributed by atoms with van der Waals surface area (Å²) in [6, 6.07) is 8.47. The molecule has 0 aliphatic heterocycles. The van der Waals surface area contributed by atoms with Gasteiger partial charge in [0.15, 0.2) is 0 Å². The molecular weight excluding hydrogens is 248 g/mol. The molecule has 1 unspecified atom stereocenters. The molecule has 0 spiro atoms. The molecule has 1 aliphatic rings. The Morgan fingerprint density at radius 2 is 1.95 bits per heavy atom. The van der Waals surface area contributed by atoms with Crippen LogP contribution in [-0.4, -0.2) is 11.9 Å². The molecule has 0 saturated heterocycles. The van der Waals surface area contributed by atoms with Gasteiger partial charge < -0.3 is 10.6 Å². The van der Waals surface area contributed by atoms with E-state index in [1.807, 2.05) is 32.0 Å². The van der Waals surface area contributed by atoms with Crippen molar-refractivity contribution >= 4 is 17.3 Å². The van der Waals surface area contributed by atoms with Gasteiger partial charge in [0.2, 0.25) is 5.91 Å². The lowest BCUT2D eigenvalue weighted by Crippen LogP contribution is -2.23. The first kappa shape index (κ1) is 14.9. The fraction of sp³-hybridized carbons (Fsp3) is 0.588. The summed E-state index contributed by atoms with van der Waals surface area (Å²) in [5, 5.41) is 6.47. The minimum atomic E-state index is 0.00385. The van der Waals surface area contributed by atoms with Crippen LogP contribution in [0.3, 0.4) is 0 Å². The molecule has 1 atom stereocenters. The van der Waals surface area contributed by atoms with Gasteiger partial charge in [-0.2, -0.15) is 0 Å². The summed E-state index contributed by atoms with van der Waals surface area (Å²) < 4.78 is 0. The quantitative estimate of drug-likeness (QED) is 0.813. The van der Waals surface area contributed by atoms with Gasteiger partial charge in [-0.25, -0.2) is 0 Å². The van der Waals surface area contributed by atoms with E-state index in [0.29, 0.717) is 6.04 Å². The van der Waals surface area contributed by atoms with E-state index in [1.165, 1.54) is 25.7 Å². The number of benzene rings is 1. The first-order chi connectivity index (χ1) is 9.54. The molecule has 2 rings (SSSR count). The first-order valence-corrected chi connectivity index (χ1v) is 7.72. The average molecular weight is 274 g/mol. The molecule has 2 N–H and O–H groups in total. The lowest BCUT2D eigenvalue weighted by molar-refractivity contribution is -0.118. The molecule has 1 aromatic rings. The van der Waals surface area contributed by atoms with Crippen molar-refractivity contribution in [3.63, 3.8) is 0 Å². The van der Waals surface area contributed by atoms with E-state index in [4.69, 9.17) is 0 Å². The Balaban J connectivity index is 1.89. The van der Waals surface area contributed by atoms with Crippen molar-refractivity contribution in [1.82, 2.24) is 0 Å². The molecule has 1 fully saturated rings. The first-order valence-electron chi connectivity index (χ1n) is 7.72. The zero-order valence-corrected chi connectivity index (χ0v) is 12.8. The summed E-state index contributed by atoms with van der Waals surface area (Å²) in [5.74, 6) is 0.968. The van der Waals surface area contributed by atoms with Gasteiger partial charge in [-0.15, -0.1) is 0 Å². The summed E-state index contributed by atoms with van der Waals surface area (Å²) in [7, 11) is 0. The topological polar surface area (TPSA) is 41.1 Å². The smallest absolute Gasteiger partial charge is 0.226 e. The number of nitrogens with one attached hydrogen (secondary N) is 2. The number of amides is 1. The minimum Gasteiger partial charge on any atom is -0.383 e. The lowest BCUT2D eigenvalue weighted by Gasteiger charge is -2.29. The van der Waals surface area contributed by atoms with Crippen molar-refractivity contribution in [3.8, 4) is 0 Å². The summed E-state index contributed by atoms with van der Waals surface area (Å²) in [6.07, 6.45) is 5.41. The normalized spacial score (nSPS) is 16.6. The van der Waals surface area contributed by atoms with Crippen LogP contribution in [0.25, 0.3) is 0 Å². The molecule has 1 amide bonds. The molecule has 1 aromatic carbocycles. The fourth-order valence-corrected chi connectivity index (χ4v) is 2.55. The van der Waals surface area contributed by atoms with Crippen LogP contribution in [-0.2, 0) is 4.79 Å². The van der Waals surface area contributed by atoms with Crippen LogP contribution < -0.4 is 10.6 Å². The molecular formula is C17H26N2O. The molecule has 0 aromatic heterocycles. The lowest BCUT2D eigenvalue weighted by atomic mass is 9.81. The summed E-state index contributed by atoms with van der Waals surface area (Å²) in [4.78, 5) is 11.7. The van der Waals surface area contributed by atoms with E-state index < -0.39 is 0 Å². The SMILES string of the molecule is CC(CC1CCC1)Nc1cccc(NC(=O)C(C)C)c1. The van der Waals surface area contributed by atoms with Crippen LogP contribution in [0.1, 0.15) is 46.5 Å². The zero-order valence-electron chi connectivity index (χ0n) is 12.8. The number of hydrogen-bond acceptors (Lipinski definition) is 2. The van der Waals surface area contributed by atoms with Crippen molar-refractivity contribution in [1.29, 1.82) is 0 Å². The van der Waals surface area contributed by atoms with Crippen LogP contribution >= 0.6 is 0 Å². The van der Waals surface area contributed by atoms with Crippen molar-refractivity contribution < 1.29 is 4.79 Å². The second kappa shape index (κ2) is 6.78. The molecule has 1 aliphatic carbocycles. The summed E-state index contributed by atoms with van der Waals surface area (Å²) in [6.45, 7) is 6.04. The van der Waals surface area contributed by atoms with Crippen LogP contribution in [0.5, 0.6) is 0 Å². The molecule has 110 valence electrons. The number of rotatable bonds is 6. The van der Waals surface area contributed by atoms with E-state index in [2.05, 4.69) is 23.6 Å². The van der Waals surface area contributed by atoms with Crippen molar-refractivity contribution in [2.75, 3.05) is 10.6 Å². The molecule has 3 heteroatoms. The van der Waals surface area contributed by atoms with Crippen molar-refractivity contribution in [3.05, 3.63) is 24.3 Å². The third-order valence-electron chi connectivity index (χ3n) is 3.98. The monoisotopic (exact) mass is 274 g/mol. The molecule has 0 heterocycles. The Labute approximate surface area is 122 Å². The second-order valence-corrected chi connectivity index (χ2v) is 6.30. The Kier molecular flexibility index (Phi) is 5.05. The molecule has 3 nitrogen and oxygen atoms in total. The van der Waals surface area contributed by atoms with Crippen LogP contribution in [0.15, 0.2) is 24.3 Å². The Hall–Kier alpha value is -1.51. The van der Waals surface area contributed by atoms with E-state index in [-0.39, 0.29) is 11.8 Å². The second-order valence-electron chi connectivity index (χ2n) is 6.30. The van der Waals surface area contributed by atoms with Gasteiger partial charge in [0.05, 0.1) is 0 Å². The van der Waals surface area contributed by atoms with Gasteiger partial charge in [-0.1, -0.05) is 39.2 Å². The molecule has 0 radical (unpaired) electrons. The van der Waals surface area contributed by atoms with Gasteiger partial charge in [-0.3, -0.25) is 4.79 Å². The molecule has 20 heavy (non-hydrogen) atoms. The van der Waals surface area contributed by atoms with Crippen LogP contribution in [0.4, 0.5) is 11.4 Å². The van der Waals surface area contributed by atoms with E-state index in [9.17, 15) is 4.79 Å². The van der Waals surface area contributed by atoms with Crippen LogP contribution in [0.2, 0.25) is 0 Å². The number of anilines is 2. The predicted molar refractivity (Wildman–Crippen MR) is 85.0 cm³/mol. The summed E-state index contributed by atoms with van der Waals surface area (Å²) >= 11 is 0. The predicted octanol–water partition coefficient (Wildman–Crippen LogP) is 4.27. The Morgan fingerprint density at radius 3 is 2.55 bits per heavy atom. The van der Waals surface area contributed by atoms with Gasteiger partial charge in [-0.05, 0) is 37.5 Å². The standard InChI is InChI=1S/C17H26N2O/c1-12(2)17(20)19-16-9-5-8-15(11-16)18-13(3)10-14-6-4-7-14/h5,8-9,11-14,18H,4,6-7,10H2,1-3H3,(H,19,20). The fourth-order valence-electron chi connectivity index (χ4n) is 2.55. The van der Waals surface area contributed by atoms with Gasteiger partial charge >= 0.3 is 0 Å². The van der Waals surface area contributed by atoms with Crippen molar-refractivity contribution in [2.45, 2.75) is 52.5 Å². The highest BCUT2D eigenvalue weighted by atomic mass is 16.1. The van der Waals surface area contributed by atoms with Gasteiger partial charge in [0.1, 0.15) is 0 Å². The van der Waals surface area contributed by atoms with Gasteiger partial charge in [0, 0.05) is 23.3 Å². The Morgan fingerprint density at radius 1 is 1.25 bits per heavy atom. The van der Waals surface area contributed by atoms with Crippen LogP contribution in [0, 0.1) is 11.8 Å². The van der Waals surface area contributed by atoms with E-state index >= 15 is 0 Å². The number of carbonyl (C=O) groups excluding carboxylic acids is 1. The zero-order chi connectivity index (χ0) is 14.5. The highest BCUT2D eigenvalue weighted by Crippen LogP contribution is 2.31. The third-order valence-corrected chi connectivity index (χ3v) is 3.98. The van der Waals surface area contributed by atoms with E-state index in [1.54, 1.807) is 0 Å².